The summed E-state index contributed by atoms with van der Waals surface area (Å²) in [6.45, 7) is 2.95. The third-order valence-corrected chi connectivity index (χ3v) is 3.44. The minimum Gasteiger partial charge on any atom is -0.371 e. The van der Waals surface area contributed by atoms with Gasteiger partial charge in [0.15, 0.2) is 5.82 Å². The first-order chi connectivity index (χ1) is 10.2. The smallest absolute Gasteiger partial charge is 0.240 e. The third-order valence-electron chi connectivity index (χ3n) is 3.44. The number of aromatic nitrogens is 2. The molecule has 1 atom stereocenters. The van der Waals surface area contributed by atoms with Gasteiger partial charge in [0, 0.05) is 13.1 Å². The summed E-state index contributed by atoms with van der Waals surface area (Å²) in [5.74, 6) is 0.816. The normalized spacial score (nSPS) is 18.9. The number of ether oxygens (including phenoxy) is 1. The zero-order valence-corrected chi connectivity index (χ0v) is 12.8. The molecule has 2 N–H and O–H groups in total. The molecule has 120 valence electrons. The minimum atomic E-state index is -0.243. The predicted octanol–water partition coefficient (Wildman–Crippen LogP) is 1.66. The molecule has 1 aromatic heterocycles. The van der Waals surface area contributed by atoms with Gasteiger partial charge >= 0.3 is 0 Å². The number of hydrogen-bond acceptors (Lipinski definition) is 6. The minimum absolute atomic E-state index is 0. The molecule has 1 unspecified atom stereocenters. The van der Waals surface area contributed by atoms with Crippen LogP contribution in [0.5, 0.6) is 0 Å². The van der Waals surface area contributed by atoms with Gasteiger partial charge in [-0.05, 0) is 17.7 Å². The first kappa shape index (κ1) is 16.8. The van der Waals surface area contributed by atoms with E-state index < -0.39 is 0 Å². The van der Waals surface area contributed by atoms with E-state index in [9.17, 15) is 4.39 Å². The molecule has 22 heavy (non-hydrogen) atoms. The van der Waals surface area contributed by atoms with Gasteiger partial charge in [0.2, 0.25) is 5.89 Å². The summed E-state index contributed by atoms with van der Waals surface area (Å²) >= 11 is 0. The van der Waals surface area contributed by atoms with Crippen LogP contribution in [0.3, 0.4) is 0 Å². The summed E-state index contributed by atoms with van der Waals surface area (Å²) in [6.07, 6.45) is -0.0692. The quantitative estimate of drug-likeness (QED) is 0.919. The van der Waals surface area contributed by atoms with Crippen molar-refractivity contribution in [1.29, 1.82) is 0 Å². The molecular weight excluding hydrogens is 311 g/mol. The Morgan fingerprint density at radius 1 is 1.32 bits per heavy atom. The van der Waals surface area contributed by atoms with Crippen LogP contribution in [0.15, 0.2) is 28.8 Å². The van der Waals surface area contributed by atoms with Crippen molar-refractivity contribution < 1.29 is 13.7 Å². The second-order valence-corrected chi connectivity index (χ2v) is 4.95. The molecule has 6 nitrogen and oxygen atoms in total. The molecule has 0 amide bonds. The number of rotatable bonds is 4. The van der Waals surface area contributed by atoms with E-state index >= 15 is 0 Å². The van der Waals surface area contributed by atoms with E-state index in [1.807, 2.05) is 0 Å². The fourth-order valence-electron chi connectivity index (χ4n) is 2.36. The highest BCUT2D eigenvalue weighted by molar-refractivity contribution is 5.85. The van der Waals surface area contributed by atoms with Gasteiger partial charge < -0.3 is 15.0 Å². The van der Waals surface area contributed by atoms with E-state index in [0.717, 1.165) is 12.1 Å². The van der Waals surface area contributed by atoms with Crippen LogP contribution in [-0.2, 0) is 17.8 Å². The van der Waals surface area contributed by atoms with Crippen molar-refractivity contribution in [3.05, 3.63) is 47.4 Å². The average Bonchev–Trinajstić information content (AvgIpc) is 2.96. The van der Waals surface area contributed by atoms with E-state index in [1.54, 1.807) is 12.1 Å². The van der Waals surface area contributed by atoms with Crippen molar-refractivity contribution in [2.24, 2.45) is 5.73 Å². The average molecular weight is 329 g/mol. The van der Waals surface area contributed by atoms with Gasteiger partial charge in [0.1, 0.15) is 5.82 Å². The summed E-state index contributed by atoms with van der Waals surface area (Å²) in [7, 11) is 0. The summed E-state index contributed by atoms with van der Waals surface area (Å²) in [5, 5.41) is 3.89. The third kappa shape index (κ3) is 4.01. The molecule has 1 saturated heterocycles. The van der Waals surface area contributed by atoms with E-state index in [-0.39, 0.29) is 30.9 Å². The van der Waals surface area contributed by atoms with E-state index in [0.29, 0.717) is 31.4 Å². The highest BCUT2D eigenvalue weighted by atomic mass is 35.5. The first-order valence-corrected chi connectivity index (χ1v) is 6.85. The Balaban J connectivity index is 0.00000176. The molecule has 2 aromatic rings. The summed E-state index contributed by atoms with van der Waals surface area (Å²) in [4.78, 5) is 6.38. The molecule has 0 saturated carbocycles. The van der Waals surface area contributed by atoms with Crippen LogP contribution >= 0.6 is 12.4 Å². The standard InChI is InChI=1S/C14H17FN4O2.ClH/c15-11-3-1-10(2-4-11)12-8-19(5-6-20-12)9-13-17-14(7-16)21-18-13;/h1-4,12H,5-9,16H2;1H. The topological polar surface area (TPSA) is 77.4 Å². The largest absolute Gasteiger partial charge is 0.371 e. The maximum absolute atomic E-state index is 13.0. The van der Waals surface area contributed by atoms with Gasteiger partial charge in [-0.15, -0.1) is 12.4 Å². The maximum Gasteiger partial charge on any atom is 0.240 e. The second-order valence-electron chi connectivity index (χ2n) is 4.95. The fraction of sp³-hybridized carbons (Fsp3) is 0.429. The van der Waals surface area contributed by atoms with Crippen LogP contribution in [-0.4, -0.2) is 34.7 Å². The van der Waals surface area contributed by atoms with E-state index in [1.165, 1.54) is 12.1 Å². The van der Waals surface area contributed by atoms with Gasteiger partial charge in [0.05, 0.1) is 25.8 Å². The van der Waals surface area contributed by atoms with Crippen molar-refractivity contribution >= 4 is 12.4 Å². The van der Waals surface area contributed by atoms with E-state index in [4.69, 9.17) is 15.0 Å². The van der Waals surface area contributed by atoms with Crippen molar-refractivity contribution in [3.8, 4) is 0 Å². The number of halogens is 2. The van der Waals surface area contributed by atoms with Crippen LogP contribution in [0.2, 0.25) is 0 Å². The molecule has 1 aliphatic heterocycles. The van der Waals surface area contributed by atoms with Crippen LogP contribution in [0.1, 0.15) is 23.4 Å². The summed E-state index contributed by atoms with van der Waals surface area (Å²) in [5.41, 5.74) is 6.42. The lowest BCUT2D eigenvalue weighted by atomic mass is 10.1. The number of benzene rings is 1. The van der Waals surface area contributed by atoms with Gasteiger partial charge in [-0.1, -0.05) is 17.3 Å². The maximum atomic E-state index is 13.0. The molecule has 0 aliphatic carbocycles. The Kier molecular flexibility index (Phi) is 5.84. The molecule has 0 spiro atoms. The molecule has 0 bridgehead atoms. The molecule has 2 heterocycles. The van der Waals surface area contributed by atoms with Gasteiger partial charge in [0.25, 0.3) is 0 Å². The highest BCUT2D eigenvalue weighted by Crippen LogP contribution is 2.23. The van der Waals surface area contributed by atoms with Gasteiger partial charge in [-0.3, -0.25) is 4.90 Å². The van der Waals surface area contributed by atoms with Gasteiger partial charge in [-0.2, -0.15) is 4.98 Å². The lowest BCUT2D eigenvalue weighted by Gasteiger charge is -2.32. The molecule has 1 aromatic carbocycles. The number of nitrogens with two attached hydrogens (primary N) is 1. The van der Waals surface area contributed by atoms with Crippen molar-refractivity contribution in [2.45, 2.75) is 19.2 Å². The van der Waals surface area contributed by atoms with Crippen molar-refractivity contribution in [3.63, 3.8) is 0 Å². The van der Waals surface area contributed by atoms with Crippen LogP contribution in [0.25, 0.3) is 0 Å². The SMILES string of the molecule is Cl.NCc1nc(CN2CCOC(c3ccc(F)cc3)C2)no1. The second kappa shape index (κ2) is 7.64. The number of nitrogens with zero attached hydrogens (tertiary/aromatic N) is 3. The summed E-state index contributed by atoms with van der Waals surface area (Å²) < 4.78 is 23.7. The number of morpholine rings is 1. The van der Waals surface area contributed by atoms with Crippen molar-refractivity contribution in [2.75, 3.05) is 19.7 Å². The van der Waals surface area contributed by atoms with Crippen LogP contribution < -0.4 is 5.73 Å². The monoisotopic (exact) mass is 328 g/mol. The first-order valence-electron chi connectivity index (χ1n) is 6.85. The highest BCUT2D eigenvalue weighted by Gasteiger charge is 2.23. The Hall–Kier alpha value is -1.54. The predicted molar refractivity (Wildman–Crippen MR) is 79.8 cm³/mol. The molecule has 1 fully saturated rings. The zero-order valence-electron chi connectivity index (χ0n) is 11.9. The Labute approximate surface area is 133 Å². The van der Waals surface area contributed by atoms with Gasteiger partial charge in [-0.25, -0.2) is 4.39 Å². The molecule has 0 radical (unpaired) electrons. The van der Waals surface area contributed by atoms with Crippen LogP contribution in [0, 0.1) is 5.82 Å². The zero-order chi connectivity index (χ0) is 14.7. The summed E-state index contributed by atoms with van der Waals surface area (Å²) in [6, 6.07) is 6.41. The molecule has 8 heteroatoms. The molecular formula is C14H18ClFN4O2. The number of hydrogen-bond donors (Lipinski definition) is 1. The van der Waals surface area contributed by atoms with Crippen molar-refractivity contribution in [1.82, 2.24) is 15.0 Å². The Bertz CT molecular complexity index is 593. The molecule has 1 aliphatic rings. The Morgan fingerprint density at radius 2 is 2.09 bits per heavy atom. The molecule has 3 rings (SSSR count). The van der Waals surface area contributed by atoms with Crippen LogP contribution in [0.4, 0.5) is 4.39 Å². The Morgan fingerprint density at radius 3 is 2.77 bits per heavy atom. The lowest BCUT2D eigenvalue weighted by Crippen LogP contribution is -2.38. The fourth-order valence-corrected chi connectivity index (χ4v) is 2.36. The lowest BCUT2D eigenvalue weighted by molar-refractivity contribution is -0.0338. The van der Waals surface area contributed by atoms with E-state index in [2.05, 4.69) is 15.0 Å².